The molecule has 7 nitrogen and oxygen atoms in total. The minimum absolute atomic E-state index is 0.0557. The van der Waals surface area contributed by atoms with Crippen LogP contribution in [0.4, 0.5) is 15.4 Å². The summed E-state index contributed by atoms with van der Waals surface area (Å²) in [7, 11) is 1.40. The number of nitrogens with zero attached hydrogens (tertiary/aromatic N) is 2. The van der Waals surface area contributed by atoms with E-state index >= 15 is 0 Å². The zero-order valence-corrected chi connectivity index (χ0v) is 11.9. The first kappa shape index (κ1) is 15.4. The summed E-state index contributed by atoms with van der Waals surface area (Å²) >= 11 is 9.67. The maximum Gasteiger partial charge on any atom is 0.415 e. The molecule has 0 atom stereocenters. The summed E-state index contributed by atoms with van der Waals surface area (Å²) in [5.74, 6) is 0.332. The Kier molecular flexibility index (Phi) is 5.71. The van der Waals surface area contributed by atoms with Crippen molar-refractivity contribution in [2.45, 2.75) is 6.92 Å². The molecule has 0 saturated heterocycles. The van der Waals surface area contributed by atoms with Gasteiger partial charge in [-0.1, -0.05) is 24.4 Å². The smallest absolute Gasteiger partial charge is 0.415 e. The number of carbonyl (C=O) groups is 2. The summed E-state index contributed by atoms with van der Waals surface area (Å²) in [6, 6.07) is 2.18. The third-order valence-corrected chi connectivity index (χ3v) is 2.48. The molecule has 0 bridgehead atoms. The summed E-state index contributed by atoms with van der Waals surface area (Å²) in [6.07, 6.45) is -0.882. The first-order valence-corrected chi connectivity index (χ1v) is 5.94. The van der Waals surface area contributed by atoms with Crippen molar-refractivity contribution in [2.75, 3.05) is 18.0 Å². The third-order valence-electron chi connectivity index (χ3n) is 1.90. The number of urea groups is 1. The predicted molar refractivity (Wildman–Crippen MR) is 72.8 cm³/mol. The van der Waals surface area contributed by atoms with Crippen molar-refractivity contribution in [1.29, 1.82) is 0 Å². The Labute approximate surface area is 120 Å². The van der Waals surface area contributed by atoms with Gasteiger partial charge in [-0.2, -0.15) is 0 Å². The number of nitrogens with one attached hydrogen (secondary N) is 1. The van der Waals surface area contributed by atoms with Gasteiger partial charge < -0.3 is 9.47 Å². The van der Waals surface area contributed by atoms with E-state index in [1.807, 2.05) is 5.32 Å². The molecule has 3 amide bonds. The lowest BCUT2D eigenvalue weighted by molar-refractivity contribution is 0.154. The van der Waals surface area contributed by atoms with Crippen LogP contribution in [0.15, 0.2) is 12.1 Å². The van der Waals surface area contributed by atoms with Crippen LogP contribution in [0.5, 0.6) is 5.75 Å². The van der Waals surface area contributed by atoms with E-state index in [1.165, 1.54) is 19.2 Å². The number of ether oxygens (including phenoxy) is 2. The molecular formula is C10H12ClN3O4S. The molecule has 1 rings (SSSR count). The molecule has 0 aromatic carbocycles. The van der Waals surface area contributed by atoms with Crippen molar-refractivity contribution in [3.8, 4) is 5.75 Å². The van der Waals surface area contributed by atoms with E-state index in [2.05, 4.69) is 22.5 Å². The van der Waals surface area contributed by atoms with E-state index in [0.717, 1.165) is 4.31 Å². The van der Waals surface area contributed by atoms with Crippen LogP contribution in [-0.4, -0.2) is 30.8 Å². The number of rotatable bonds is 3. The van der Waals surface area contributed by atoms with Crippen LogP contribution in [0.2, 0.25) is 5.15 Å². The minimum Gasteiger partial charge on any atom is -0.493 e. The molecule has 0 fully saturated rings. The van der Waals surface area contributed by atoms with Crippen LogP contribution >= 0.6 is 24.4 Å². The van der Waals surface area contributed by atoms with Crippen LogP contribution < -0.4 is 14.4 Å². The third kappa shape index (κ3) is 4.18. The predicted octanol–water partition coefficient (Wildman–Crippen LogP) is 2.26. The lowest BCUT2D eigenvalue weighted by atomic mass is 10.4. The largest absolute Gasteiger partial charge is 0.493 e. The number of aromatic nitrogens is 1. The van der Waals surface area contributed by atoms with Crippen molar-refractivity contribution < 1.29 is 19.1 Å². The van der Waals surface area contributed by atoms with Crippen LogP contribution in [-0.2, 0) is 4.74 Å². The number of imide groups is 1. The van der Waals surface area contributed by atoms with Crippen LogP contribution in [0.25, 0.3) is 0 Å². The number of hydrogen-bond donors (Lipinski definition) is 2. The molecule has 0 aliphatic carbocycles. The maximum absolute atomic E-state index is 11.7. The van der Waals surface area contributed by atoms with Gasteiger partial charge in [-0.25, -0.2) is 24.2 Å². The Morgan fingerprint density at radius 2 is 2.21 bits per heavy atom. The molecule has 9 heteroatoms. The Balaban J connectivity index is 2.87. The average molecular weight is 306 g/mol. The Bertz CT molecular complexity index is 486. The summed E-state index contributed by atoms with van der Waals surface area (Å²) < 4.78 is 10.4. The molecule has 1 aromatic heterocycles. The number of thiol groups is 1. The second kappa shape index (κ2) is 7.05. The highest BCUT2D eigenvalue weighted by Crippen LogP contribution is 2.28. The SMILES string of the molecule is CCOC(=O)NC(=O)N(S)c1nc(Cl)ccc1OC. The zero-order chi connectivity index (χ0) is 14.4. The van der Waals surface area contributed by atoms with Gasteiger partial charge in [0, 0.05) is 0 Å². The summed E-state index contributed by atoms with van der Waals surface area (Å²) in [5.41, 5.74) is 0. The molecule has 19 heavy (non-hydrogen) atoms. The van der Waals surface area contributed by atoms with Crippen molar-refractivity contribution >= 4 is 42.4 Å². The fourth-order valence-corrected chi connectivity index (χ4v) is 1.46. The molecular weight excluding hydrogens is 294 g/mol. The van der Waals surface area contributed by atoms with Crippen LogP contribution in [0.1, 0.15) is 6.92 Å². The van der Waals surface area contributed by atoms with Gasteiger partial charge in [-0.15, -0.1) is 0 Å². The summed E-state index contributed by atoms with van der Waals surface area (Å²) in [4.78, 5) is 26.7. The molecule has 0 aliphatic rings. The second-order valence-electron chi connectivity index (χ2n) is 3.12. The number of anilines is 1. The highest BCUT2D eigenvalue weighted by Gasteiger charge is 2.20. The van der Waals surface area contributed by atoms with Crippen LogP contribution in [0.3, 0.4) is 0 Å². The Morgan fingerprint density at radius 1 is 1.53 bits per heavy atom. The molecule has 104 valence electrons. The molecule has 0 saturated carbocycles. The first-order valence-electron chi connectivity index (χ1n) is 5.16. The average Bonchev–Trinajstić information content (AvgIpc) is 2.37. The van der Waals surface area contributed by atoms with Gasteiger partial charge in [0.05, 0.1) is 13.7 Å². The van der Waals surface area contributed by atoms with E-state index in [4.69, 9.17) is 16.3 Å². The summed E-state index contributed by atoms with van der Waals surface area (Å²) in [5, 5.41) is 2.11. The first-order chi connectivity index (χ1) is 8.99. The number of alkyl carbamates (subject to hydrolysis) is 1. The molecule has 0 spiro atoms. The summed E-state index contributed by atoms with van der Waals surface area (Å²) in [6.45, 7) is 1.76. The minimum atomic E-state index is -0.882. The van der Waals surface area contributed by atoms with Crippen molar-refractivity contribution in [3.63, 3.8) is 0 Å². The molecule has 0 radical (unpaired) electrons. The molecule has 0 unspecified atom stereocenters. The van der Waals surface area contributed by atoms with Crippen molar-refractivity contribution in [1.82, 2.24) is 10.3 Å². The number of halogens is 1. The number of pyridine rings is 1. The van der Waals surface area contributed by atoms with Gasteiger partial charge in [0.2, 0.25) is 0 Å². The van der Waals surface area contributed by atoms with Gasteiger partial charge in [-0.3, -0.25) is 0 Å². The van der Waals surface area contributed by atoms with Gasteiger partial charge >= 0.3 is 12.1 Å². The molecule has 1 aromatic rings. The van der Waals surface area contributed by atoms with Gasteiger partial charge in [0.25, 0.3) is 0 Å². The van der Waals surface area contributed by atoms with E-state index < -0.39 is 12.1 Å². The Hall–Kier alpha value is -1.67. The van der Waals surface area contributed by atoms with Crippen molar-refractivity contribution in [2.24, 2.45) is 0 Å². The fourth-order valence-electron chi connectivity index (χ4n) is 1.13. The van der Waals surface area contributed by atoms with E-state index in [-0.39, 0.29) is 23.3 Å². The van der Waals surface area contributed by atoms with E-state index in [1.54, 1.807) is 6.92 Å². The Morgan fingerprint density at radius 3 is 2.79 bits per heavy atom. The van der Waals surface area contributed by atoms with Gasteiger partial charge in [-0.05, 0) is 19.1 Å². The highest BCUT2D eigenvalue weighted by molar-refractivity contribution is 7.82. The normalized spacial score (nSPS) is 9.68. The molecule has 1 N–H and O–H groups in total. The molecule has 1 heterocycles. The number of hydrogen-bond acceptors (Lipinski definition) is 6. The number of methoxy groups -OCH3 is 1. The van der Waals surface area contributed by atoms with E-state index in [9.17, 15) is 9.59 Å². The maximum atomic E-state index is 11.7. The second-order valence-corrected chi connectivity index (χ2v) is 3.91. The standard InChI is InChI=1S/C10H12ClN3O4S/c1-3-18-10(16)13-9(15)14(19)8-6(17-2)4-5-7(11)12-8/h4-5,19H,3H2,1-2H3,(H,13,15,16). The quantitative estimate of drug-likeness (QED) is 0.661. The number of carbonyl (C=O) groups excluding carboxylic acids is 2. The topological polar surface area (TPSA) is 80.8 Å². The number of amides is 3. The fraction of sp³-hybridized carbons (Fsp3) is 0.300. The van der Waals surface area contributed by atoms with Crippen molar-refractivity contribution in [3.05, 3.63) is 17.3 Å². The monoisotopic (exact) mass is 305 g/mol. The lowest BCUT2D eigenvalue weighted by Crippen LogP contribution is -2.39. The highest BCUT2D eigenvalue weighted by atomic mass is 35.5. The molecule has 0 aliphatic heterocycles. The van der Waals surface area contributed by atoms with E-state index in [0.29, 0.717) is 0 Å². The van der Waals surface area contributed by atoms with Gasteiger partial charge in [0.15, 0.2) is 11.6 Å². The van der Waals surface area contributed by atoms with Gasteiger partial charge in [0.1, 0.15) is 5.15 Å². The van der Waals surface area contributed by atoms with Crippen LogP contribution in [0, 0.1) is 0 Å². The lowest BCUT2D eigenvalue weighted by Gasteiger charge is -2.17. The zero-order valence-electron chi connectivity index (χ0n) is 10.2.